The smallest absolute Gasteiger partial charge is 0.308 e. The van der Waals surface area contributed by atoms with Gasteiger partial charge in [0.15, 0.2) is 0 Å². The molecular formula is C25H28N2O5S. The van der Waals surface area contributed by atoms with Crippen LogP contribution in [-0.4, -0.2) is 37.7 Å². The van der Waals surface area contributed by atoms with Gasteiger partial charge in [0, 0.05) is 29.5 Å². The highest BCUT2D eigenvalue weighted by Gasteiger charge is 2.30. The second-order valence-electron chi connectivity index (χ2n) is 8.73. The first-order valence-electron chi connectivity index (χ1n) is 10.8. The van der Waals surface area contributed by atoms with Gasteiger partial charge in [-0.15, -0.1) is 0 Å². The number of carboxylic acids is 1. The number of rotatable bonds is 5. The van der Waals surface area contributed by atoms with Gasteiger partial charge in [-0.2, -0.15) is 0 Å². The minimum atomic E-state index is -3.93. The molecule has 33 heavy (non-hydrogen) atoms. The fraction of sp³-hybridized carbons (Fsp3) is 0.320. The second kappa shape index (κ2) is 8.26. The predicted octanol–water partition coefficient (Wildman–Crippen LogP) is 4.49. The molecule has 0 spiro atoms. The maximum Gasteiger partial charge on any atom is 0.308 e. The zero-order chi connectivity index (χ0) is 24.1. The SMILES string of the molecule is Cc1c(C)c(S(=O)(=O)Nc2ccc(N3CC[C@H](C(=O)O)C3)c3ccccc23)c(C)c(C)c1O. The van der Waals surface area contributed by atoms with E-state index >= 15 is 0 Å². The summed E-state index contributed by atoms with van der Waals surface area (Å²) in [6.45, 7) is 7.87. The molecule has 4 rings (SSSR count). The third-order valence-electron chi connectivity index (χ3n) is 6.81. The molecule has 0 radical (unpaired) electrons. The van der Waals surface area contributed by atoms with Gasteiger partial charge in [-0.3, -0.25) is 9.52 Å². The zero-order valence-corrected chi connectivity index (χ0v) is 20.0. The lowest BCUT2D eigenvalue weighted by Crippen LogP contribution is -2.23. The standard InChI is InChI=1S/C25H28N2O5S/c1-14-16(3)24(17(4)15(2)23(14)28)33(31,32)26-21-9-10-22(20-8-6-5-7-19(20)21)27-12-11-18(13-27)25(29)30/h5-10,18,26,28H,11-13H2,1-4H3,(H,29,30)/t18-/m0/s1. The quantitative estimate of drug-likeness (QED) is 0.509. The molecule has 1 atom stereocenters. The lowest BCUT2D eigenvalue weighted by Gasteiger charge is -2.23. The van der Waals surface area contributed by atoms with E-state index in [1.54, 1.807) is 33.8 Å². The molecule has 0 amide bonds. The van der Waals surface area contributed by atoms with Crippen LogP contribution < -0.4 is 9.62 Å². The number of anilines is 2. The van der Waals surface area contributed by atoms with Crippen molar-refractivity contribution in [1.82, 2.24) is 0 Å². The van der Waals surface area contributed by atoms with E-state index in [-0.39, 0.29) is 10.6 Å². The van der Waals surface area contributed by atoms with E-state index in [1.807, 2.05) is 35.2 Å². The van der Waals surface area contributed by atoms with Crippen LogP contribution in [0.4, 0.5) is 11.4 Å². The van der Waals surface area contributed by atoms with Crippen molar-refractivity contribution < 1.29 is 23.4 Å². The van der Waals surface area contributed by atoms with E-state index in [1.165, 1.54) is 0 Å². The molecular weight excluding hydrogens is 440 g/mol. The van der Waals surface area contributed by atoms with Gasteiger partial charge in [0.2, 0.25) is 0 Å². The molecule has 0 aromatic heterocycles. The normalized spacial score (nSPS) is 16.4. The second-order valence-corrected chi connectivity index (χ2v) is 10.4. The van der Waals surface area contributed by atoms with Crippen molar-refractivity contribution in [3.05, 3.63) is 58.7 Å². The number of benzene rings is 3. The molecule has 174 valence electrons. The van der Waals surface area contributed by atoms with Crippen molar-refractivity contribution in [2.45, 2.75) is 39.0 Å². The van der Waals surface area contributed by atoms with Crippen LogP contribution in [0, 0.1) is 33.6 Å². The number of phenols is 1. The van der Waals surface area contributed by atoms with Crippen molar-refractivity contribution in [1.29, 1.82) is 0 Å². The van der Waals surface area contributed by atoms with Gasteiger partial charge >= 0.3 is 5.97 Å². The first-order valence-corrected chi connectivity index (χ1v) is 12.3. The lowest BCUT2D eigenvalue weighted by molar-refractivity contribution is -0.140. The number of hydrogen-bond acceptors (Lipinski definition) is 5. The molecule has 0 unspecified atom stereocenters. The molecule has 0 bridgehead atoms. The van der Waals surface area contributed by atoms with Crippen LogP contribution in [0.3, 0.4) is 0 Å². The Balaban J connectivity index is 1.78. The van der Waals surface area contributed by atoms with Gasteiger partial charge in [-0.1, -0.05) is 24.3 Å². The van der Waals surface area contributed by atoms with E-state index in [2.05, 4.69) is 4.72 Å². The lowest BCUT2D eigenvalue weighted by atomic mass is 10.00. The van der Waals surface area contributed by atoms with Crippen LogP contribution >= 0.6 is 0 Å². The fourth-order valence-corrected chi connectivity index (χ4v) is 6.37. The van der Waals surface area contributed by atoms with E-state index in [0.29, 0.717) is 47.5 Å². The summed E-state index contributed by atoms with van der Waals surface area (Å²) in [5.41, 5.74) is 3.45. The summed E-state index contributed by atoms with van der Waals surface area (Å²) >= 11 is 0. The summed E-state index contributed by atoms with van der Waals surface area (Å²) in [5.74, 6) is -1.09. The molecule has 1 heterocycles. The number of sulfonamides is 1. The van der Waals surface area contributed by atoms with Crippen LogP contribution in [0.1, 0.15) is 28.7 Å². The molecule has 1 aliphatic heterocycles. The number of phenolic OH excluding ortho intramolecular Hbond substituents is 1. The van der Waals surface area contributed by atoms with Crippen LogP contribution in [0.25, 0.3) is 10.8 Å². The maximum atomic E-state index is 13.5. The fourth-order valence-electron chi connectivity index (χ4n) is 4.69. The highest BCUT2D eigenvalue weighted by molar-refractivity contribution is 7.92. The van der Waals surface area contributed by atoms with E-state index < -0.39 is 21.9 Å². The molecule has 8 heteroatoms. The molecule has 3 aromatic carbocycles. The number of carbonyl (C=O) groups is 1. The van der Waals surface area contributed by atoms with Gasteiger partial charge in [-0.05, 0) is 68.5 Å². The number of carboxylic acid groups (broad SMARTS) is 1. The van der Waals surface area contributed by atoms with Gasteiger partial charge in [0.25, 0.3) is 10.0 Å². The van der Waals surface area contributed by atoms with Crippen LogP contribution in [-0.2, 0) is 14.8 Å². The van der Waals surface area contributed by atoms with E-state index in [4.69, 9.17) is 0 Å². The van der Waals surface area contributed by atoms with Crippen molar-refractivity contribution in [3.63, 3.8) is 0 Å². The van der Waals surface area contributed by atoms with E-state index in [9.17, 15) is 23.4 Å². The minimum absolute atomic E-state index is 0.115. The molecule has 7 nitrogen and oxygen atoms in total. The van der Waals surface area contributed by atoms with Gasteiger partial charge < -0.3 is 15.1 Å². The third-order valence-corrected chi connectivity index (χ3v) is 8.45. The molecule has 0 aliphatic carbocycles. The number of hydrogen-bond donors (Lipinski definition) is 3. The Morgan fingerprint density at radius 2 is 1.58 bits per heavy atom. The Kier molecular flexibility index (Phi) is 5.74. The Morgan fingerprint density at radius 1 is 0.970 bits per heavy atom. The van der Waals surface area contributed by atoms with E-state index in [0.717, 1.165) is 16.5 Å². The average Bonchev–Trinajstić information content (AvgIpc) is 3.27. The minimum Gasteiger partial charge on any atom is -0.507 e. The Bertz CT molecular complexity index is 1350. The Morgan fingerprint density at radius 3 is 2.15 bits per heavy atom. The highest BCUT2D eigenvalue weighted by atomic mass is 32.2. The summed E-state index contributed by atoms with van der Waals surface area (Å²) in [6.07, 6.45) is 0.580. The summed E-state index contributed by atoms with van der Waals surface area (Å²) in [5, 5.41) is 21.3. The van der Waals surface area contributed by atoms with Crippen LogP contribution in [0.5, 0.6) is 5.75 Å². The zero-order valence-electron chi connectivity index (χ0n) is 19.1. The highest BCUT2D eigenvalue weighted by Crippen LogP contribution is 2.38. The number of nitrogens with zero attached hydrogens (tertiary/aromatic N) is 1. The molecule has 1 aliphatic rings. The molecule has 0 saturated carbocycles. The summed E-state index contributed by atoms with van der Waals surface area (Å²) in [7, 11) is -3.93. The molecule has 1 saturated heterocycles. The molecule has 1 fully saturated rings. The first-order chi connectivity index (χ1) is 15.5. The average molecular weight is 469 g/mol. The first kappa shape index (κ1) is 22.9. The largest absolute Gasteiger partial charge is 0.507 e. The van der Waals surface area contributed by atoms with Crippen molar-refractivity contribution in [2.75, 3.05) is 22.7 Å². The summed E-state index contributed by atoms with van der Waals surface area (Å²) < 4.78 is 29.7. The number of nitrogens with one attached hydrogen (secondary N) is 1. The summed E-state index contributed by atoms with van der Waals surface area (Å²) in [6, 6.07) is 11.1. The number of fused-ring (bicyclic) bond motifs is 1. The van der Waals surface area contributed by atoms with Crippen LogP contribution in [0.2, 0.25) is 0 Å². The third kappa shape index (κ3) is 3.88. The predicted molar refractivity (Wildman–Crippen MR) is 130 cm³/mol. The Labute approximate surface area is 193 Å². The monoisotopic (exact) mass is 468 g/mol. The molecule has 3 aromatic rings. The van der Waals surface area contributed by atoms with Crippen molar-refractivity contribution in [2.24, 2.45) is 5.92 Å². The van der Waals surface area contributed by atoms with Gasteiger partial charge in [-0.25, -0.2) is 8.42 Å². The number of aliphatic carboxylic acids is 1. The van der Waals surface area contributed by atoms with Crippen molar-refractivity contribution in [3.8, 4) is 5.75 Å². The van der Waals surface area contributed by atoms with Gasteiger partial charge in [0.1, 0.15) is 5.75 Å². The molecule has 3 N–H and O–H groups in total. The van der Waals surface area contributed by atoms with Crippen LogP contribution in [0.15, 0.2) is 41.3 Å². The Hall–Kier alpha value is -3.26. The topological polar surface area (TPSA) is 107 Å². The van der Waals surface area contributed by atoms with Gasteiger partial charge in [0.05, 0.1) is 16.5 Å². The summed E-state index contributed by atoms with van der Waals surface area (Å²) in [4.78, 5) is 13.6. The maximum absolute atomic E-state index is 13.5. The van der Waals surface area contributed by atoms with Crippen molar-refractivity contribution >= 4 is 38.1 Å². The number of aromatic hydroxyl groups is 1.